The maximum Gasteiger partial charge on any atom is 0.357 e. The van der Waals surface area contributed by atoms with Gasteiger partial charge in [0.15, 0.2) is 5.13 Å². The third-order valence-electron chi connectivity index (χ3n) is 5.08. The molecular weight excluding hydrogens is 480 g/mol. The first kappa shape index (κ1) is 25.8. The largest absolute Gasteiger partial charge is 0.427 e. The number of thioether (sulfide) groups is 1. The Morgan fingerprint density at radius 3 is 2.62 bits per heavy atom. The van der Waals surface area contributed by atoms with Gasteiger partial charge in [0.05, 0.1) is 16.7 Å². The Morgan fingerprint density at radius 2 is 2.03 bits per heavy atom. The zero-order chi connectivity index (χ0) is 25.2. The molecule has 34 heavy (non-hydrogen) atoms. The normalized spacial score (nSPS) is 20.4. The quantitative estimate of drug-likeness (QED) is 0.246. The maximum absolute atomic E-state index is 12.9. The maximum atomic E-state index is 12.9. The van der Waals surface area contributed by atoms with Gasteiger partial charge in [-0.2, -0.15) is 0 Å². The van der Waals surface area contributed by atoms with Crippen LogP contribution in [0.2, 0.25) is 0 Å². The second kappa shape index (κ2) is 10.2. The molecule has 1 fully saturated rings. The predicted molar refractivity (Wildman–Crippen MR) is 129 cm³/mol. The Balaban J connectivity index is 1.66. The first-order valence-electron chi connectivity index (χ1n) is 10.7. The Kier molecular flexibility index (Phi) is 7.71. The number of carbonyl (C=O) groups is 4. The molecule has 184 valence electrons. The molecule has 2 aliphatic rings. The van der Waals surface area contributed by atoms with Crippen LogP contribution in [0.4, 0.5) is 5.13 Å². The van der Waals surface area contributed by atoms with Crippen LogP contribution in [0.25, 0.3) is 5.57 Å². The second-order valence-corrected chi connectivity index (χ2v) is 10.8. The first-order valence-corrected chi connectivity index (χ1v) is 12.6. The standard InChI is InChI=1S/C22H28N4O6S2/c1-6-7-12(13-9-34-21(23)24-13)16(27)25-14-17(28)26-15(11(2)8-33-18(14)26)19(29)31-10-32-20(30)22(3,4)5/h7,9,14,18H,6,8,10H2,1-5H3,(H2,23,24)(H,25,27)/b12-7-/t14-,18-/m1/s1. The molecule has 3 N–H and O–H groups in total. The van der Waals surface area contributed by atoms with Gasteiger partial charge in [0.1, 0.15) is 17.1 Å². The van der Waals surface area contributed by atoms with Crippen LogP contribution in [-0.2, 0) is 28.7 Å². The van der Waals surface area contributed by atoms with E-state index in [0.29, 0.717) is 34.1 Å². The molecule has 0 spiro atoms. The molecule has 3 heterocycles. The fourth-order valence-electron chi connectivity index (χ4n) is 3.33. The van der Waals surface area contributed by atoms with Crippen molar-refractivity contribution >= 4 is 57.6 Å². The van der Waals surface area contributed by atoms with Crippen molar-refractivity contribution in [2.45, 2.75) is 52.5 Å². The van der Waals surface area contributed by atoms with Gasteiger partial charge in [-0.15, -0.1) is 23.1 Å². The minimum Gasteiger partial charge on any atom is -0.427 e. The minimum atomic E-state index is -0.802. The molecule has 10 nitrogen and oxygen atoms in total. The zero-order valence-electron chi connectivity index (χ0n) is 19.7. The Hall–Kier alpha value is -2.86. The van der Waals surface area contributed by atoms with E-state index >= 15 is 0 Å². The van der Waals surface area contributed by atoms with Crippen molar-refractivity contribution in [3.05, 3.63) is 28.4 Å². The number of aromatic nitrogens is 1. The highest BCUT2D eigenvalue weighted by Gasteiger charge is 2.54. The summed E-state index contributed by atoms with van der Waals surface area (Å²) in [7, 11) is 0. The Labute approximate surface area is 205 Å². The van der Waals surface area contributed by atoms with Crippen molar-refractivity contribution in [3.8, 4) is 0 Å². The second-order valence-electron chi connectivity index (χ2n) is 8.82. The van der Waals surface area contributed by atoms with Crippen LogP contribution in [0.1, 0.15) is 46.7 Å². The Bertz CT molecular complexity index is 1070. The van der Waals surface area contributed by atoms with Gasteiger partial charge < -0.3 is 20.5 Å². The van der Waals surface area contributed by atoms with E-state index in [1.807, 2.05) is 6.92 Å². The highest BCUT2D eigenvalue weighted by Crippen LogP contribution is 2.40. The molecule has 3 rings (SSSR count). The summed E-state index contributed by atoms with van der Waals surface area (Å²) >= 11 is 2.66. The van der Waals surface area contributed by atoms with Crippen LogP contribution >= 0.6 is 23.1 Å². The van der Waals surface area contributed by atoms with E-state index in [0.717, 1.165) is 0 Å². The number of carbonyl (C=O) groups excluding carboxylic acids is 4. The molecule has 1 aromatic heterocycles. The summed E-state index contributed by atoms with van der Waals surface area (Å²) in [6.45, 7) is 8.13. The first-order chi connectivity index (χ1) is 16.0. The Morgan fingerprint density at radius 1 is 1.32 bits per heavy atom. The number of thiazole rings is 1. The van der Waals surface area contributed by atoms with Gasteiger partial charge in [-0.05, 0) is 39.7 Å². The minimum absolute atomic E-state index is 0.114. The van der Waals surface area contributed by atoms with Crippen molar-refractivity contribution < 1.29 is 28.7 Å². The molecule has 0 aromatic carbocycles. The lowest BCUT2D eigenvalue weighted by Gasteiger charge is -2.49. The van der Waals surface area contributed by atoms with Crippen LogP contribution in [0.5, 0.6) is 0 Å². The van der Waals surface area contributed by atoms with Crippen molar-refractivity contribution in [2.75, 3.05) is 18.3 Å². The number of amides is 2. The van der Waals surface area contributed by atoms with Gasteiger partial charge in [0.2, 0.25) is 6.79 Å². The van der Waals surface area contributed by atoms with Gasteiger partial charge >= 0.3 is 11.9 Å². The average Bonchev–Trinajstić information content (AvgIpc) is 3.20. The smallest absolute Gasteiger partial charge is 0.357 e. The number of fused-ring (bicyclic) bond motifs is 1. The number of nitrogens with zero attached hydrogens (tertiary/aromatic N) is 2. The molecule has 1 aromatic rings. The van der Waals surface area contributed by atoms with Gasteiger partial charge in [-0.3, -0.25) is 19.3 Å². The lowest BCUT2D eigenvalue weighted by Crippen LogP contribution is -2.70. The molecular formula is C22H28N4O6S2. The fraction of sp³-hybridized carbons (Fsp3) is 0.500. The number of nitrogen functional groups attached to an aromatic ring is 1. The number of anilines is 1. The predicted octanol–water partition coefficient (Wildman–Crippen LogP) is 2.28. The van der Waals surface area contributed by atoms with E-state index < -0.39 is 47.4 Å². The number of rotatable bonds is 7. The monoisotopic (exact) mass is 508 g/mol. The van der Waals surface area contributed by atoms with Crippen molar-refractivity contribution in [2.24, 2.45) is 5.41 Å². The van der Waals surface area contributed by atoms with E-state index in [-0.39, 0.29) is 5.70 Å². The number of allylic oxidation sites excluding steroid dienone is 1. The number of hydrogen-bond acceptors (Lipinski definition) is 10. The average molecular weight is 509 g/mol. The lowest BCUT2D eigenvalue weighted by molar-refractivity contribution is -0.173. The van der Waals surface area contributed by atoms with Crippen molar-refractivity contribution in [3.63, 3.8) is 0 Å². The number of β-lactam (4-membered cyclic amide) rings is 1. The van der Waals surface area contributed by atoms with Crippen LogP contribution in [-0.4, -0.2) is 57.6 Å². The summed E-state index contributed by atoms with van der Waals surface area (Å²) in [6, 6.07) is -0.802. The van der Waals surface area contributed by atoms with E-state index in [1.165, 1.54) is 28.0 Å². The molecule has 2 amide bonds. The summed E-state index contributed by atoms with van der Waals surface area (Å²) in [6.07, 6.45) is 2.32. The zero-order valence-corrected chi connectivity index (χ0v) is 21.3. The number of nitrogens with one attached hydrogen (secondary N) is 1. The third kappa shape index (κ3) is 5.27. The van der Waals surface area contributed by atoms with Gasteiger partial charge in [-0.1, -0.05) is 13.0 Å². The summed E-state index contributed by atoms with van der Waals surface area (Å²) < 4.78 is 10.1. The topological polar surface area (TPSA) is 141 Å². The van der Waals surface area contributed by atoms with Gasteiger partial charge in [0, 0.05) is 11.1 Å². The number of hydrogen-bond donors (Lipinski definition) is 2. The fourth-order valence-corrected chi connectivity index (χ4v) is 5.19. The van der Waals surface area contributed by atoms with Crippen molar-refractivity contribution in [1.29, 1.82) is 0 Å². The molecule has 12 heteroatoms. The van der Waals surface area contributed by atoms with Gasteiger partial charge in [0.25, 0.3) is 11.8 Å². The molecule has 0 aliphatic carbocycles. The summed E-state index contributed by atoms with van der Waals surface area (Å²) in [5.41, 5.74) is 6.53. The summed E-state index contributed by atoms with van der Waals surface area (Å²) in [4.78, 5) is 55.9. The number of nitrogens with two attached hydrogens (primary N) is 1. The van der Waals surface area contributed by atoms with Crippen LogP contribution < -0.4 is 11.1 Å². The highest BCUT2D eigenvalue weighted by molar-refractivity contribution is 8.00. The number of esters is 2. The van der Waals surface area contributed by atoms with Crippen LogP contribution in [0, 0.1) is 5.41 Å². The molecule has 0 bridgehead atoms. The summed E-state index contributed by atoms with van der Waals surface area (Å²) in [5, 5.41) is 4.34. The van der Waals surface area contributed by atoms with Crippen LogP contribution in [0.15, 0.2) is 22.7 Å². The number of ether oxygens (including phenoxy) is 2. The molecule has 0 saturated carbocycles. The lowest BCUT2D eigenvalue weighted by atomic mass is 9.98. The highest BCUT2D eigenvalue weighted by atomic mass is 32.2. The van der Waals surface area contributed by atoms with E-state index in [1.54, 1.807) is 39.2 Å². The molecule has 2 atom stereocenters. The van der Waals surface area contributed by atoms with Crippen LogP contribution in [0.3, 0.4) is 0 Å². The molecule has 2 aliphatic heterocycles. The molecule has 1 saturated heterocycles. The van der Waals surface area contributed by atoms with Crippen molar-refractivity contribution in [1.82, 2.24) is 15.2 Å². The SMILES string of the molecule is CC/C=C(\C(=O)N[C@@H]1C(=O)N2C(C(=O)OCOC(=O)C(C)(C)C)=C(C)CS[C@H]12)c1csc(N)n1. The van der Waals surface area contributed by atoms with E-state index in [9.17, 15) is 19.2 Å². The molecule has 0 radical (unpaired) electrons. The van der Waals surface area contributed by atoms with E-state index in [2.05, 4.69) is 10.3 Å². The molecule has 0 unspecified atom stereocenters. The summed E-state index contributed by atoms with van der Waals surface area (Å²) in [5.74, 6) is -1.64. The van der Waals surface area contributed by atoms with E-state index in [4.69, 9.17) is 15.2 Å². The third-order valence-corrected chi connectivity index (χ3v) is 7.18. The van der Waals surface area contributed by atoms with Gasteiger partial charge in [-0.25, -0.2) is 9.78 Å².